The third kappa shape index (κ3) is 3.65. The fourth-order valence-electron chi connectivity index (χ4n) is 1.82. The highest BCUT2D eigenvalue weighted by Crippen LogP contribution is 2.25. The molecule has 0 saturated carbocycles. The van der Waals surface area contributed by atoms with Gasteiger partial charge in [0.05, 0.1) is 5.69 Å². The third-order valence-electron chi connectivity index (χ3n) is 3.04. The van der Waals surface area contributed by atoms with Crippen LogP contribution in [-0.2, 0) is 4.79 Å². The molecular formula is C15H19N3OS. The van der Waals surface area contributed by atoms with E-state index in [0.29, 0.717) is 11.7 Å². The van der Waals surface area contributed by atoms with E-state index in [1.807, 2.05) is 31.5 Å². The highest BCUT2D eigenvalue weighted by molar-refractivity contribution is 7.14. The van der Waals surface area contributed by atoms with Crippen LogP contribution in [0.3, 0.4) is 0 Å². The van der Waals surface area contributed by atoms with E-state index in [9.17, 15) is 4.79 Å². The maximum Gasteiger partial charge on any atom is 0.230 e. The van der Waals surface area contributed by atoms with Gasteiger partial charge in [-0.05, 0) is 14.0 Å². The van der Waals surface area contributed by atoms with Gasteiger partial charge in [0, 0.05) is 23.4 Å². The lowest BCUT2D eigenvalue weighted by molar-refractivity contribution is -0.119. The van der Waals surface area contributed by atoms with Gasteiger partial charge >= 0.3 is 0 Å². The second kappa shape index (κ2) is 6.63. The van der Waals surface area contributed by atoms with Crippen LogP contribution in [-0.4, -0.2) is 24.5 Å². The molecule has 4 nitrogen and oxygen atoms in total. The smallest absolute Gasteiger partial charge is 0.230 e. The second-order valence-electron chi connectivity index (χ2n) is 4.85. The number of thiazole rings is 1. The van der Waals surface area contributed by atoms with Crippen LogP contribution < -0.4 is 10.6 Å². The molecule has 1 amide bonds. The molecule has 0 aliphatic carbocycles. The molecule has 1 unspecified atom stereocenters. The molecule has 106 valence electrons. The van der Waals surface area contributed by atoms with Gasteiger partial charge in [0.2, 0.25) is 5.91 Å². The standard InChI is InChI=1S/C15H19N3OS/c1-10-4-6-12(7-5-10)13-9-20-15(17-13)18-14(19)11(2)8-16-3/h4-7,9,11,16H,8H2,1-3H3,(H,17,18,19). The van der Waals surface area contributed by atoms with Crippen LogP contribution in [0.2, 0.25) is 0 Å². The first-order chi connectivity index (χ1) is 9.60. The zero-order valence-electron chi connectivity index (χ0n) is 11.9. The van der Waals surface area contributed by atoms with E-state index in [4.69, 9.17) is 0 Å². The van der Waals surface area contributed by atoms with Gasteiger partial charge in [-0.3, -0.25) is 4.79 Å². The minimum atomic E-state index is -0.0771. The maximum absolute atomic E-state index is 11.9. The lowest BCUT2D eigenvalue weighted by Crippen LogP contribution is -2.28. The lowest BCUT2D eigenvalue weighted by atomic mass is 10.1. The van der Waals surface area contributed by atoms with Crippen molar-refractivity contribution >= 4 is 22.4 Å². The number of hydrogen-bond donors (Lipinski definition) is 2. The summed E-state index contributed by atoms with van der Waals surface area (Å²) >= 11 is 1.45. The fourth-order valence-corrected chi connectivity index (χ4v) is 2.54. The SMILES string of the molecule is CNCC(C)C(=O)Nc1nc(-c2ccc(C)cc2)cs1. The van der Waals surface area contributed by atoms with E-state index in [2.05, 4.69) is 34.7 Å². The molecule has 1 atom stereocenters. The van der Waals surface area contributed by atoms with Crippen LogP contribution >= 0.6 is 11.3 Å². The summed E-state index contributed by atoms with van der Waals surface area (Å²) in [6, 6.07) is 8.20. The molecule has 2 N–H and O–H groups in total. The minimum absolute atomic E-state index is 0.0100. The Hall–Kier alpha value is -1.72. The molecule has 0 radical (unpaired) electrons. The van der Waals surface area contributed by atoms with Gasteiger partial charge in [0.25, 0.3) is 0 Å². The normalized spacial score (nSPS) is 12.2. The van der Waals surface area contributed by atoms with Gasteiger partial charge in [0.1, 0.15) is 0 Å². The van der Waals surface area contributed by atoms with Gasteiger partial charge in [-0.25, -0.2) is 4.98 Å². The summed E-state index contributed by atoms with van der Waals surface area (Å²) in [5.41, 5.74) is 3.18. The molecule has 1 aromatic heterocycles. The Kier molecular flexibility index (Phi) is 4.87. The van der Waals surface area contributed by atoms with E-state index in [-0.39, 0.29) is 11.8 Å². The van der Waals surface area contributed by atoms with E-state index in [1.54, 1.807) is 0 Å². The first-order valence-electron chi connectivity index (χ1n) is 6.58. The molecule has 2 aromatic rings. The quantitative estimate of drug-likeness (QED) is 0.890. The number of anilines is 1. The van der Waals surface area contributed by atoms with Gasteiger partial charge in [-0.15, -0.1) is 11.3 Å². The Labute approximate surface area is 123 Å². The summed E-state index contributed by atoms with van der Waals surface area (Å²) in [7, 11) is 1.84. The van der Waals surface area contributed by atoms with Crippen molar-refractivity contribution < 1.29 is 4.79 Å². The fraction of sp³-hybridized carbons (Fsp3) is 0.333. The van der Waals surface area contributed by atoms with Crippen molar-refractivity contribution in [1.29, 1.82) is 0 Å². The summed E-state index contributed by atoms with van der Waals surface area (Å²) in [6.07, 6.45) is 0. The molecule has 0 spiro atoms. The average molecular weight is 289 g/mol. The number of carbonyl (C=O) groups excluding carboxylic acids is 1. The summed E-state index contributed by atoms with van der Waals surface area (Å²) in [5, 5.41) is 8.46. The monoisotopic (exact) mass is 289 g/mol. The Bertz CT molecular complexity index is 577. The number of rotatable bonds is 5. The predicted octanol–water partition coefficient (Wildman–Crippen LogP) is 2.91. The number of amides is 1. The third-order valence-corrected chi connectivity index (χ3v) is 3.80. The number of nitrogens with zero attached hydrogens (tertiary/aromatic N) is 1. The van der Waals surface area contributed by atoms with Gasteiger partial charge in [-0.2, -0.15) is 0 Å². The van der Waals surface area contributed by atoms with Gasteiger partial charge in [0.15, 0.2) is 5.13 Å². The van der Waals surface area contributed by atoms with Crippen molar-refractivity contribution in [2.75, 3.05) is 18.9 Å². The van der Waals surface area contributed by atoms with Crippen molar-refractivity contribution in [3.8, 4) is 11.3 Å². The summed E-state index contributed by atoms with van der Waals surface area (Å²) in [5.74, 6) is -0.0871. The molecule has 0 saturated heterocycles. The Morgan fingerprint density at radius 2 is 2.05 bits per heavy atom. The minimum Gasteiger partial charge on any atom is -0.319 e. The van der Waals surface area contributed by atoms with Gasteiger partial charge < -0.3 is 10.6 Å². The summed E-state index contributed by atoms with van der Waals surface area (Å²) in [4.78, 5) is 16.4. The van der Waals surface area contributed by atoms with E-state index >= 15 is 0 Å². The molecule has 1 aromatic carbocycles. The molecule has 0 aliphatic rings. The first kappa shape index (κ1) is 14.7. The number of aryl methyl sites for hydroxylation is 1. The Morgan fingerprint density at radius 3 is 2.70 bits per heavy atom. The van der Waals surface area contributed by atoms with E-state index in [1.165, 1.54) is 16.9 Å². The number of benzene rings is 1. The predicted molar refractivity (Wildman–Crippen MR) is 84.0 cm³/mol. The molecule has 2 rings (SSSR count). The molecular weight excluding hydrogens is 270 g/mol. The van der Waals surface area contributed by atoms with Crippen molar-refractivity contribution in [1.82, 2.24) is 10.3 Å². The average Bonchev–Trinajstić information content (AvgIpc) is 2.88. The second-order valence-corrected chi connectivity index (χ2v) is 5.71. The number of carbonyl (C=O) groups is 1. The highest BCUT2D eigenvalue weighted by Gasteiger charge is 2.14. The number of nitrogens with one attached hydrogen (secondary N) is 2. The highest BCUT2D eigenvalue weighted by atomic mass is 32.1. The van der Waals surface area contributed by atoms with Crippen molar-refractivity contribution in [3.05, 3.63) is 35.2 Å². The first-order valence-corrected chi connectivity index (χ1v) is 7.46. The zero-order valence-corrected chi connectivity index (χ0v) is 12.8. The molecule has 5 heteroatoms. The van der Waals surface area contributed by atoms with Crippen molar-refractivity contribution in [2.45, 2.75) is 13.8 Å². The van der Waals surface area contributed by atoms with Crippen LogP contribution in [0.1, 0.15) is 12.5 Å². The van der Waals surface area contributed by atoms with Crippen LogP contribution in [0.25, 0.3) is 11.3 Å². The number of aromatic nitrogens is 1. The van der Waals surface area contributed by atoms with Crippen LogP contribution in [0.5, 0.6) is 0 Å². The molecule has 20 heavy (non-hydrogen) atoms. The molecule has 0 bridgehead atoms. The molecule has 0 aliphatic heterocycles. The van der Waals surface area contributed by atoms with Crippen molar-refractivity contribution in [3.63, 3.8) is 0 Å². The van der Waals surface area contributed by atoms with Crippen LogP contribution in [0.15, 0.2) is 29.6 Å². The number of hydrogen-bond acceptors (Lipinski definition) is 4. The summed E-state index contributed by atoms with van der Waals surface area (Å²) in [6.45, 7) is 4.60. The van der Waals surface area contributed by atoms with Crippen molar-refractivity contribution in [2.24, 2.45) is 5.92 Å². The zero-order chi connectivity index (χ0) is 14.5. The largest absolute Gasteiger partial charge is 0.319 e. The van der Waals surface area contributed by atoms with Crippen LogP contribution in [0.4, 0.5) is 5.13 Å². The lowest BCUT2D eigenvalue weighted by Gasteiger charge is -2.09. The maximum atomic E-state index is 11.9. The van der Waals surface area contributed by atoms with E-state index in [0.717, 1.165) is 11.3 Å². The van der Waals surface area contributed by atoms with Crippen LogP contribution in [0, 0.1) is 12.8 Å². The molecule has 0 fully saturated rings. The summed E-state index contributed by atoms with van der Waals surface area (Å²) < 4.78 is 0. The van der Waals surface area contributed by atoms with Gasteiger partial charge in [-0.1, -0.05) is 36.8 Å². The molecule has 1 heterocycles. The Morgan fingerprint density at radius 1 is 1.35 bits per heavy atom. The Balaban J connectivity index is 2.05. The topological polar surface area (TPSA) is 54.0 Å². The van der Waals surface area contributed by atoms with E-state index < -0.39 is 0 Å².